The lowest BCUT2D eigenvalue weighted by Gasteiger charge is -2.21. The minimum atomic E-state index is -4.79. The predicted molar refractivity (Wildman–Crippen MR) is 89.2 cm³/mol. The van der Waals surface area contributed by atoms with Gasteiger partial charge in [0.2, 0.25) is 0 Å². The summed E-state index contributed by atoms with van der Waals surface area (Å²) in [7, 11) is 0. The number of carboxylic acids is 1. The van der Waals surface area contributed by atoms with E-state index in [4.69, 9.17) is 11.6 Å². The molecule has 28 heavy (non-hydrogen) atoms. The summed E-state index contributed by atoms with van der Waals surface area (Å²) >= 11 is 5.67. The van der Waals surface area contributed by atoms with E-state index in [0.717, 1.165) is 24.3 Å². The van der Waals surface area contributed by atoms with Crippen LogP contribution in [-0.4, -0.2) is 28.7 Å². The Labute approximate surface area is 161 Å². The first kappa shape index (κ1) is 21.9. The van der Waals surface area contributed by atoms with Gasteiger partial charge in [-0.05, 0) is 41.8 Å². The summed E-state index contributed by atoms with van der Waals surface area (Å²) in [5, 5.41) is 19.3. The summed E-state index contributed by atoms with van der Waals surface area (Å²) in [6.45, 7) is 0. The Morgan fingerprint density at radius 3 is 2.29 bits per heavy atom. The molecule has 0 amide bonds. The van der Waals surface area contributed by atoms with E-state index in [9.17, 15) is 37.0 Å². The number of hydrogen-bond donors (Lipinski definition) is 2. The monoisotopic (exact) mass is 424 g/mol. The van der Waals surface area contributed by atoms with Gasteiger partial charge in [-0.15, -0.1) is 0 Å². The quantitative estimate of drug-likeness (QED) is 0.603. The van der Waals surface area contributed by atoms with Crippen molar-refractivity contribution in [2.75, 3.05) is 0 Å². The third-order valence-electron chi connectivity index (χ3n) is 3.86. The van der Waals surface area contributed by atoms with Crippen molar-refractivity contribution in [2.24, 2.45) is 5.92 Å². The van der Waals surface area contributed by atoms with Gasteiger partial charge in [-0.2, -0.15) is 17.6 Å². The molecular formula is C18H14ClF5O4. The van der Waals surface area contributed by atoms with Crippen LogP contribution in [0.3, 0.4) is 0 Å². The molecule has 0 fully saturated rings. The van der Waals surface area contributed by atoms with E-state index >= 15 is 0 Å². The first-order chi connectivity index (χ1) is 13.0. The fourth-order valence-electron chi connectivity index (χ4n) is 2.42. The molecule has 2 rings (SSSR count). The van der Waals surface area contributed by atoms with Crippen molar-refractivity contribution in [3.05, 3.63) is 64.4 Å². The maximum absolute atomic E-state index is 13.1. The second kappa shape index (κ2) is 8.74. The van der Waals surface area contributed by atoms with E-state index in [-0.39, 0.29) is 22.6 Å². The number of benzene rings is 2. The number of rotatable bonds is 8. The number of carboxylic acid groups (broad SMARTS) is 1. The predicted octanol–water partition coefficient (Wildman–Crippen LogP) is 4.69. The number of hydrogen-bond acceptors (Lipinski definition) is 3. The molecule has 2 aromatic rings. The largest absolute Gasteiger partial charge is 0.481 e. The van der Waals surface area contributed by atoms with E-state index in [1.54, 1.807) is 0 Å². The Balaban J connectivity index is 2.27. The van der Waals surface area contributed by atoms with Gasteiger partial charge in [0.25, 0.3) is 0 Å². The van der Waals surface area contributed by atoms with E-state index in [0.29, 0.717) is 0 Å². The van der Waals surface area contributed by atoms with E-state index < -0.39 is 42.1 Å². The smallest absolute Gasteiger partial charge is 0.461 e. The molecular weight excluding hydrogens is 411 g/mol. The maximum Gasteiger partial charge on any atom is 0.461 e. The zero-order valence-electron chi connectivity index (χ0n) is 14.0. The highest BCUT2D eigenvalue weighted by Crippen LogP contribution is 2.34. The minimum Gasteiger partial charge on any atom is -0.481 e. The van der Waals surface area contributed by atoms with Gasteiger partial charge in [-0.3, -0.25) is 4.79 Å². The molecule has 2 atom stereocenters. The van der Waals surface area contributed by atoms with Gasteiger partial charge in [0.15, 0.2) is 0 Å². The highest BCUT2D eigenvalue weighted by molar-refractivity contribution is 6.32. The Kier molecular flexibility index (Phi) is 6.84. The van der Waals surface area contributed by atoms with Crippen molar-refractivity contribution in [2.45, 2.75) is 25.1 Å². The molecule has 0 aliphatic heterocycles. The standard InChI is InChI=1S/C18H14ClF5O4/c19-13-6-1-9(8-14(13)28-18(23,24)17(21)22)7-12(16(26)27)15(25)10-2-4-11(20)5-3-10/h1-6,8,12,15,17,25H,7H2,(H,26,27). The first-order valence-electron chi connectivity index (χ1n) is 7.81. The van der Waals surface area contributed by atoms with Crippen LogP contribution in [0.5, 0.6) is 5.75 Å². The van der Waals surface area contributed by atoms with Crippen LogP contribution in [0.2, 0.25) is 5.02 Å². The molecule has 10 heteroatoms. The van der Waals surface area contributed by atoms with Gasteiger partial charge < -0.3 is 14.9 Å². The average molecular weight is 425 g/mol. The molecule has 2 unspecified atom stereocenters. The Hall–Kier alpha value is -2.39. The molecule has 0 aliphatic carbocycles. The fraction of sp³-hybridized carbons (Fsp3) is 0.278. The van der Waals surface area contributed by atoms with Gasteiger partial charge in [-0.1, -0.05) is 29.8 Å². The average Bonchev–Trinajstić information content (AvgIpc) is 2.61. The summed E-state index contributed by atoms with van der Waals surface area (Å²) in [4.78, 5) is 11.5. The number of aliphatic hydroxyl groups is 1. The maximum atomic E-state index is 13.1. The fourth-order valence-corrected chi connectivity index (χ4v) is 2.58. The Morgan fingerprint density at radius 2 is 1.75 bits per heavy atom. The highest BCUT2D eigenvalue weighted by Gasteiger charge is 2.44. The normalized spacial score (nSPS) is 14.0. The van der Waals surface area contributed by atoms with Crippen LogP contribution in [0.25, 0.3) is 0 Å². The molecule has 4 nitrogen and oxygen atoms in total. The topological polar surface area (TPSA) is 66.8 Å². The van der Waals surface area contributed by atoms with Gasteiger partial charge in [0.05, 0.1) is 17.0 Å². The molecule has 0 aromatic heterocycles. The van der Waals surface area contributed by atoms with Crippen LogP contribution in [0, 0.1) is 11.7 Å². The molecule has 0 heterocycles. The van der Waals surface area contributed by atoms with Crippen molar-refractivity contribution in [1.82, 2.24) is 0 Å². The van der Waals surface area contributed by atoms with Gasteiger partial charge in [0, 0.05) is 0 Å². The minimum absolute atomic E-state index is 0.0954. The molecule has 0 saturated carbocycles. The van der Waals surface area contributed by atoms with Crippen molar-refractivity contribution in [3.63, 3.8) is 0 Å². The lowest BCUT2D eigenvalue weighted by molar-refractivity contribution is -0.253. The first-order valence-corrected chi connectivity index (χ1v) is 8.19. The molecule has 0 radical (unpaired) electrons. The Bertz CT molecular complexity index is 829. The third kappa shape index (κ3) is 5.32. The molecule has 0 saturated heterocycles. The lowest BCUT2D eigenvalue weighted by Crippen LogP contribution is -2.33. The molecule has 0 spiro atoms. The van der Waals surface area contributed by atoms with E-state index in [1.165, 1.54) is 18.2 Å². The van der Waals surface area contributed by atoms with Crippen molar-refractivity contribution < 1.29 is 41.7 Å². The SMILES string of the molecule is O=C(O)C(Cc1ccc(Cl)c(OC(F)(F)C(F)F)c1)C(O)c1ccc(F)cc1. The van der Waals surface area contributed by atoms with Crippen molar-refractivity contribution >= 4 is 17.6 Å². The van der Waals surface area contributed by atoms with Crippen LogP contribution in [-0.2, 0) is 11.2 Å². The number of aliphatic carboxylic acids is 1. The summed E-state index contributed by atoms with van der Waals surface area (Å²) in [6.07, 6.45) is -10.8. The number of ether oxygens (including phenoxy) is 1. The number of aliphatic hydroxyl groups excluding tert-OH is 1. The number of carbonyl (C=O) groups is 1. The van der Waals surface area contributed by atoms with Crippen molar-refractivity contribution in [3.8, 4) is 5.75 Å². The Morgan fingerprint density at radius 1 is 1.14 bits per heavy atom. The van der Waals surface area contributed by atoms with E-state index in [2.05, 4.69) is 4.74 Å². The summed E-state index contributed by atoms with van der Waals surface area (Å²) in [5.74, 6) is -4.19. The van der Waals surface area contributed by atoms with Gasteiger partial charge in [0.1, 0.15) is 11.6 Å². The van der Waals surface area contributed by atoms with Crippen LogP contribution in [0.15, 0.2) is 42.5 Å². The molecule has 152 valence electrons. The van der Waals surface area contributed by atoms with Crippen molar-refractivity contribution in [1.29, 1.82) is 0 Å². The summed E-state index contributed by atoms with van der Waals surface area (Å²) < 4.78 is 67.8. The van der Waals surface area contributed by atoms with E-state index in [1.807, 2.05) is 0 Å². The zero-order chi connectivity index (χ0) is 21.1. The number of halogens is 6. The third-order valence-corrected chi connectivity index (χ3v) is 4.17. The summed E-state index contributed by atoms with van der Waals surface area (Å²) in [6, 6.07) is 7.74. The van der Waals surface area contributed by atoms with Gasteiger partial charge >= 0.3 is 18.5 Å². The second-order valence-corrected chi connectivity index (χ2v) is 6.28. The van der Waals surface area contributed by atoms with Gasteiger partial charge in [-0.25, -0.2) is 4.39 Å². The second-order valence-electron chi connectivity index (χ2n) is 5.87. The molecule has 2 aromatic carbocycles. The molecule has 0 aliphatic rings. The summed E-state index contributed by atoms with van der Waals surface area (Å²) in [5.41, 5.74) is 0.224. The lowest BCUT2D eigenvalue weighted by atomic mass is 9.90. The van der Waals surface area contributed by atoms with Crippen LogP contribution < -0.4 is 4.74 Å². The molecule has 2 N–H and O–H groups in total. The zero-order valence-corrected chi connectivity index (χ0v) is 14.7. The van der Waals surface area contributed by atoms with Crippen LogP contribution in [0.4, 0.5) is 22.0 Å². The highest BCUT2D eigenvalue weighted by atomic mass is 35.5. The number of alkyl halides is 4. The molecule has 0 bridgehead atoms. The van der Waals surface area contributed by atoms with Crippen LogP contribution >= 0.6 is 11.6 Å². The van der Waals surface area contributed by atoms with Crippen LogP contribution in [0.1, 0.15) is 17.2 Å².